The molecule has 1 rings (SSSR count). The van der Waals surface area contributed by atoms with Gasteiger partial charge in [-0.1, -0.05) is 26.5 Å². The van der Waals surface area contributed by atoms with Gasteiger partial charge in [-0.05, 0) is 19.1 Å². The number of esters is 1. The van der Waals surface area contributed by atoms with Crippen LogP contribution in [0.15, 0.2) is 42.8 Å². The van der Waals surface area contributed by atoms with E-state index in [1.165, 1.54) is 20.1 Å². The SMILES string of the molecule is C=C/C(=C\C=C(/C)n1cc(N)cn1)C(=O)OC.CC.CC(N)=O. The first kappa shape index (κ1) is 22.5. The zero-order valence-corrected chi connectivity index (χ0v) is 14.4. The Morgan fingerprint density at radius 1 is 1.30 bits per heavy atom. The number of ether oxygens (including phenoxy) is 1. The fourth-order valence-electron chi connectivity index (χ4n) is 1.15. The summed E-state index contributed by atoms with van der Waals surface area (Å²) in [5.41, 5.74) is 11.8. The Hall–Kier alpha value is -2.83. The molecular weight excluding hydrogens is 296 g/mol. The number of methoxy groups -OCH3 is 1. The highest BCUT2D eigenvalue weighted by atomic mass is 16.5. The van der Waals surface area contributed by atoms with Crippen LogP contribution in [0, 0.1) is 0 Å². The van der Waals surface area contributed by atoms with E-state index in [-0.39, 0.29) is 5.91 Å². The van der Waals surface area contributed by atoms with Crippen LogP contribution >= 0.6 is 0 Å². The fraction of sp³-hybridized carbons (Fsp3) is 0.312. The third kappa shape index (κ3) is 10.5. The number of allylic oxidation sites excluding steroid dienone is 3. The molecule has 0 radical (unpaired) electrons. The normalized spacial score (nSPS) is 10.5. The Bertz CT molecular complexity index is 568. The molecule has 1 amide bonds. The monoisotopic (exact) mass is 322 g/mol. The van der Waals surface area contributed by atoms with Crippen LogP contribution in [0.2, 0.25) is 0 Å². The van der Waals surface area contributed by atoms with Gasteiger partial charge >= 0.3 is 5.97 Å². The first-order valence-electron chi connectivity index (χ1n) is 6.97. The Labute approximate surface area is 137 Å². The lowest BCUT2D eigenvalue weighted by Gasteiger charge is -2.00. The summed E-state index contributed by atoms with van der Waals surface area (Å²) in [5, 5.41) is 4.04. The van der Waals surface area contributed by atoms with Crippen LogP contribution in [0.5, 0.6) is 0 Å². The lowest BCUT2D eigenvalue weighted by atomic mass is 10.2. The zero-order chi connectivity index (χ0) is 18.4. The molecule has 0 saturated heterocycles. The summed E-state index contributed by atoms with van der Waals surface area (Å²) >= 11 is 0. The van der Waals surface area contributed by atoms with Gasteiger partial charge in [0.15, 0.2) is 0 Å². The highest BCUT2D eigenvalue weighted by Crippen LogP contribution is 2.08. The molecule has 0 aliphatic rings. The summed E-state index contributed by atoms with van der Waals surface area (Å²) in [6, 6.07) is 0. The number of hydrogen-bond donors (Lipinski definition) is 2. The summed E-state index contributed by atoms with van der Waals surface area (Å²) < 4.78 is 6.21. The van der Waals surface area contributed by atoms with Crippen molar-refractivity contribution < 1.29 is 14.3 Å². The number of carbonyl (C=O) groups excluding carboxylic acids is 2. The van der Waals surface area contributed by atoms with Crippen LogP contribution in [0.25, 0.3) is 5.70 Å². The van der Waals surface area contributed by atoms with Crippen LogP contribution in [-0.4, -0.2) is 28.8 Å². The van der Waals surface area contributed by atoms with Crippen molar-refractivity contribution in [1.29, 1.82) is 0 Å². The second kappa shape index (κ2) is 12.9. The maximum Gasteiger partial charge on any atom is 0.337 e. The molecule has 0 saturated carbocycles. The smallest absolute Gasteiger partial charge is 0.337 e. The summed E-state index contributed by atoms with van der Waals surface area (Å²) in [6.45, 7) is 10.7. The molecule has 7 heteroatoms. The van der Waals surface area contributed by atoms with Gasteiger partial charge in [0.1, 0.15) is 0 Å². The summed E-state index contributed by atoms with van der Waals surface area (Å²) in [6.07, 6.45) is 8.03. The molecule has 1 aromatic rings. The Morgan fingerprint density at radius 3 is 2.17 bits per heavy atom. The molecule has 1 aromatic heterocycles. The molecule has 0 bridgehead atoms. The minimum absolute atomic E-state index is 0.333. The Kier molecular flexibility index (Phi) is 12.6. The summed E-state index contributed by atoms with van der Waals surface area (Å²) in [7, 11) is 1.32. The van der Waals surface area contributed by atoms with Gasteiger partial charge < -0.3 is 16.2 Å². The van der Waals surface area contributed by atoms with Gasteiger partial charge in [0, 0.05) is 12.6 Å². The molecule has 4 N–H and O–H groups in total. The number of nitrogens with zero attached hydrogens (tertiary/aromatic N) is 2. The van der Waals surface area contributed by atoms with E-state index in [0.717, 1.165) is 5.70 Å². The molecule has 0 spiro atoms. The molecule has 7 nitrogen and oxygen atoms in total. The van der Waals surface area contributed by atoms with E-state index in [2.05, 4.69) is 22.1 Å². The first-order valence-corrected chi connectivity index (χ1v) is 6.97. The maximum absolute atomic E-state index is 11.3. The second-order valence-corrected chi connectivity index (χ2v) is 3.95. The zero-order valence-electron chi connectivity index (χ0n) is 14.4. The van der Waals surface area contributed by atoms with Gasteiger partial charge in [-0.3, -0.25) is 4.79 Å². The quantitative estimate of drug-likeness (QED) is 0.501. The average Bonchev–Trinajstić information content (AvgIpc) is 2.95. The van der Waals surface area contributed by atoms with E-state index in [1.807, 2.05) is 20.8 Å². The molecule has 0 fully saturated rings. The minimum atomic E-state index is -0.427. The molecule has 1 heterocycles. The van der Waals surface area contributed by atoms with Crippen molar-refractivity contribution in [3.8, 4) is 0 Å². The highest BCUT2D eigenvalue weighted by molar-refractivity contribution is 5.91. The van der Waals surface area contributed by atoms with Crippen molar-refractivity contribution in [3.63, 3.8) is 0 Å². The molecule has 0 unspecified atom stereocenters. The van der Waals surface area contributed by atoms with Gasteiger partial charge in [-0.25, -0.2) is 9.48 Å². The summed E-state index contributed by atoms with van der Waals surface area (Å²) in [5.74, 6) is -0.760. The van der Waals surface area contributed by atoms with E-state index in [1.54, 1.807) is 29.2 Å². The van der Waals surface area contributed by atoms with Gasteiger partial charge in [-0.2, -0.15) is 5.10 Å². The van der Waals surface area contributed by atoms with Crippen LogP contribution in [0.4, 0.5) is 5.69 Å². The molecule has 0 aromatic carbocycles. The van der Waals surface area contributed by atoms with E-state index < -0.39 is 5.97 Å². The molecule has 0 aliphatic heterocycles. The Morgan fingerprint density at radius 2 is 1.83 bits per heavy atom. The van der Waals surface area contributed by atoms with Gasteiger partial charge in [0.25, 0.3) is 0 Å². The maximum atomic E-state index is 11.3. The summed E-state index contributed by atoms with van der Waals surface area (Å²) in [4.78, 5) is 20.5. The predicted molar refractivity (Wildman–Crippen MR) is 93.1 cm³/mol. The van der Waals surface area contributed by atoms with Crippen molar-refractivity contribution in [2.24, 2.45) is 5.73 Å². The number of primary amides is 1. The number of amides is 1. The molecule has 128 valence electrons. The standard InChI is InChI=1S/C12H15N3O2.C2H5NO.C2H6/c1-4-10(12(16)17-3)6-5-9(2)15-8-11(13)7-14-15;1-2(3)4;1-2/h4-8H,1,13H2,2-3H3;1H3,(H2,3,4);1-2H3/b9-5+,10-6+;;. The number of carbonyl (C=O) groups is 2. The highest BCUT2D eigenvalue weighted by Gasteiger charge is 2.03. The van der Waals surface area contributed by atoms with Gasteiger partial charge in [-0.15, -0.1) is 0 Å². The minimum Gasteiger partial charge on any atom is -0.465 e. The van der Waals surface area contributed by atoms with E-state index >= 15 is 0 Å². The third-order valence-corrected chi connectivity index (χ3v) is 2.11. The third-order valence-electron chi connectivity index (χ3n) is 2.11. The number of nitrogen functional groups attached to an aromatic ring is 1. The van der Waals surface area contributed by atoms with Crippen LogP contribution in [0.3, 0.4) is 0 Å². The largest absolute Gasteiger partial charge is 0.465 e. The van der Waals surface area contributed by atoms with E-state index in [9.17, 15) is 9.59 Å². The molecule has 0 atom stereocenters. The second-order valence-electron chi connectivity index (χ2n) is 3.95. The van der Waals surface area contributed by atoms with Crippen molar-refractivity contribution in [1.82, 2.24) is 9.78 Å². The predicted octanol–water partition coefficient (Wildman–Crippen LogP) is 2.13. The lowest BCUT2D eigenvalue weighted by Crippen LogP contribution is -2.02. The van der Waals surface area contributed by atoms with Crippen molar-refractivity contribution in [2.75, 3.05) is 12.8 Å². The van der Waals surface area contributed by atoms with Crippen molar-refractivity contribution in [3.05, 3.63) is 42.8 Å². The van der Waals surface area contributed by atoms with E-state index in [4.69, 9.17) is 5.73 Å². The van der Waals surface area contributed by atoms with Crippen LogP contribution in [0.1, 0.15) is 27.7 Å². The molecule has 23 heavy (non-hydrogen) atoms. The topological polar surface area (TPSA) is 113 Å². The van der Waals surface area contributed by atoms with Gasteiger partial charge in [0.2, 0.25) is 5.91 Å². The van der Waals surface area contributed by atoms with Crippen LogP contribution < -0.4 is 11.5 Å². The van der Waals surface area contributed by atoms with Crippen molar-refractivity contribution in [2.45, 2.75) is 27.7 Å². The number of hydrogen-bond acceptors (Lipinski definition) is 5. The molecule has 0 aliphatic carbocycles. The number of nitrogens with two attached hydrogens (primary N) is 2. The first-order chi connectivity index (χ1) is 10.8. The van der Waals surface area contributed by atoms with E-state index in [0.29, 0.717) is 11.3 Å². The van der Waals surface area contributed by atoms with Gasteiger partial charge in [0.05, 0.1) is 30.8 Å². The Balaban J connectivity index is 0. The number of anilines is 1. The number of aromatic nitrogens is 2. The van der Waals surface area contributed by atoms with Crippen LogP contribution in [-0.2, 0) is 14.3 Å². The number of rotatable bonds is 4. The molecular formula is C16H26N4O3. The lowest BCUT2D eigenvalue weighted by molar-refractivity contribution is -0.135. The average molecular weight is 322 g/mol. The van der Waals surface area contributed by atoms with Crippen molar-refractivity contribution >= 4 is 23.3 Å². The fourth-order valence-corrected chi connectivity index (χ4v) is 1.15.